The van der Waals surface area contributed by atoms with E-state index in [-0.39, 0.29) is 60.1 Å². The van der Waals surface area contributed by atoms with Crippen molar-refractivity contribution in [2.24, 2.45) is 17.8 Å². The zero-order valence-electron chi connectivity index (χ0n) is 26.7. The van der Waals surface area contributed by atoms with Gasteiger partial charge in [-0.15, -0.1) is 30.0 Å². The van der Waals surface area contributed by atoms with E-state index < -0.39 is 28.7 Å². The first-order valence-electron chi connectivity index (χ1n) is 16.1. The smallest absolute Gasteiger partial charge is 0.248 e. The third kappa shape index (κ3) is 5.51. The molecule has 4 heterocycles. The molecule has 248 valence electrons. The summed E-state index contributed by atoms with van der Waals surface area (Å²) in [6, 6.07) is 15.5. The van der Waals surface area contributed by atoms with E-state index >= 15 is 4.79 Å². The molecule has 3 fully saturated rings. The number of carbonyl (C=O) groups is 3. The zero-order chi connectivity index (χ0) is 33.5. The summed E-state index contributed by atoms with van der Waals surface area (Å²) in [5.41, 5.74) is 2.22. The molecule has 1 aromatic heterocycles. The lowest BCUT2D eigenvalue weighted by Gasteiger charge is -2.41. The van der Waals surface area contributed by atoms with E-state index in [1.54, 1.807) is 43.3 Å². The largest absolute Gasteiger partial charge is 0.394 e. The van der Waals surface area contributed by atoms with Crippen LogP contribution in [0.15, 0.2) is 79.9 Å². The number of fused-ring (bicyclic) bond motifs is 2. The maximum Gasteiger partial charge on any atom is 0.248 e. The minimum Gasteiger partial charge on any atom is -0.394 e. The van der Waals surface area contributed by atoms with Gasteiger partial charge >= 0.3 is 0 Å². The van der Waals surface area contributed by atoms with E-state index in [1.807, 2.05) is 68.4 Å². The Hall–Kier alpha value is -3.48. The number of para-hydroxylation sites is 2. The third-order valence-corrected chi connectivity index (χ3v) is 13.3. The summed E-state index contributed by atoms with van der Waals surface area (Å²) in [6.45, 7) is 12.1. The number of benzene rings is 2. The lowest BCUT2D eigenvalue weighted by Crippen LogP contribution is -2.59. The summed E-state index contributed by atoms with van der Waals surface area (Å²) in [5.74, 6) is -2.15. The van der Waals surface area contributed by atoms with Gasteiger partial charge in [0.25, 0.3) is 0 Å². The van der Waals surface area contributed by atoms with Crippen LogP contribution in [0.1, 0.15) is 26.7 Å². The van der Waals surface area contributed by atoms with Crippen LogP contribution in [0.3, 0.4) is 0 Å². The van der Waals surface area contributed by atoms with E-state index in [1.165, 1.54) is 0 Å². The summed E-state index contributed by atoms with van der Waals surface area (Å²) in [6.07, 6.45) is 4.59. The van der Waals surface area contributed by atoms with Crippen LogP contribution in [-0.2, 0) is 21.1 Å². The van der Waals surface area contributed by atoms with Crippen molar-refractivity contribution in [1.82, 2.24) is 24.8 Å². The molecule has 3 aromatic rings. The number of hydrogen-bond donors (Lipinski definition) is 1. The van der Waals surface area contributed by atoms with Gasteiger partial charge in [-0.05, 0) is 36.6 Å². The molecule has 8 atom stereocenters. The summed E-state index contributed by atoms with van der Waals surface area (Å²) in [4.78, 5) is 49.5. The number of carbonyl (C=O) groups excluding carboxylic acids is 3. The molecular formula is C35H41BrN6O4S. The van der Waals surface area contributed by atoms with E-state index in [0.29, 0.717) is 18.4 Å². The molecule has 3 saturated heterocycles. The summed E-state index contributed by atoms with van der Waals surface area (Å²) in [5, 5.41) is 19.2. The van der Waals surface area contributed by atoms with Crippen LogP contribution in [-0.4, -0.2) is 94.2 Å². The SMILES string of the molecule is C=CCN(Cn1nnc2ccccc21)C(=O)C1N([C@@H](CO)[C@@H](C)CC)C(=O)[C@@H]2[C@@H](C(=O)N(CC=C)c3ccccc3)[C@@H]3SC12CC3Br. The summed E-state index contributed by atoms with van der Waals surface area (Å²) < 4.78 is 0.797. The van der Waals surface area contributed by atoms with Gasteiger partial charge in [0.2, 0.25) is 17.7 Å². The molecule has 2 bridgehead atoms. The van der Waals surface area contributed by atoms with E-state index in [0.717, 1.165) is 11.2 Å². The number of thioether (sulfide) groups is 1. The fraction of sp³-hybridized carbons (Fsp3) is 0.457. The zero-order valence-corrected chi connectivity index (χ0v) is 29.1. The molecule has 3 unspecified atom stereocenters. The minimum atomic E-state index is -0.904. The Kier molecular flexibility index (Phi) is 9.64. The molecule has 47 heavy (non-hydrogen) atoms. The van der Waals surface area contributed by atoms with Crippen molar-refractivity contribution in [2.75, 3.05) is 24.6 Å². The first kappa shape index (κ1) is 33.4. The van der Waals surface area contributed by atoms with Crippen molar-refractivity contribution in [3.63, 3.8) is 0 Å². The molecule has 12 heteroatoms. The molecule has 3 aliphatic heterocycles. The van der Waals surface area contributed by atoms with Crippen LogP contribution in [0.2, 0.25) is 0 Å². The molecule has 2 aromatic carbocycles. The van der Waals surface area contributed by atoms with Gasteiger partial charge in [-0.3, -0.25) is 14.4 Å². The fourth-order valence-corrected chi connectivity index (χ4v) is 11.4. The number of nitrogens with zero attached hydrogens (tertiary/aromatic N) is 6. The monoisotopic (exact) mass is 720 g/mol. The first-order chi connectivity index (χ1) is 22.7. The second-order valence-corrected chi connectivity index (χ2v) is 15.4. The van der Waals surface area contributed by atoms with Crippen molar-refractivity contribution in [2.45, 2.75) is 60.3 Å². The Bertz CT molecular complexity index is 1670. The van der Waals surface area contributed by atoms with Gasteiger partial charge in [-0.25, -0.2) is 4.68 Å². The molecule has 3 amide bonds. The standard InChI is InChI=1S/C35H41BrN6O4S/c1-5-17-39(21-41-26-16-12-11-15-25(26)37-38-41)34(46)31-35-19-24(36)30(47-35)28(29(35)33(45)42(31)27(20-43)22(4)7-3)32(44)40(18-6-2)23-13-9-8-10-14-23/h5-6,8-16,22,24,27-31,43H,1-2,7,17-21H2,3-4H3/t22-,24?,27-,28+,29-,30+,31?,35?/m0/s1. The van der Waals surface area contributed by atoms with Crippen molar-refractivity contribution >= 4 is 62.1 Å². The number of anilines is 1. The molecule has 6 rings (SSSR count). The van der Waals surface area contributed by atoms with Crippen LogP contribution < -0.4 is 4.90 Å². The Labute approximate surface area is 288 Å². The number of alkyl halides is 1. The maximum absolute atomic E-state index is 15.1. The maximum atomic E-state index is 15.1. The molecule has 0 saturated carbocycles. The van der Waals surface area contributed by atoms with Crippen LogP contribution in [0.25, 0.3) is 11.0 Å². The first-order valence-corrected chi connectivity index (χ1v) is 17.9. The second kappa shape index (κ2) is 13.6. The van der Waals surface area contributed by atoms with Crippen LogP contribution >= 0.6 is 27.7 Å². The fourth-order valence-electron chi connectivity index (χ4n) is 7.77. The number of rotatable bonds is 13. The Balaban J connectivity index is 1.44. The van der Waals surface area contributed by atoms with Gasteiger partial charge in [0.05, 0.1) is 34.7 Å². The highest BCUT2D eigenvalue weighted by atomic mass is 79.9. The highest BCUT2D eigenvalue weighted by Crippen LogP contribution is 2.68. The Morgan fingerprint density at radius 3 is 2.51 bits per heavy atom. The van der Waals surface area contributed by atoms with Crippen LogP contribution in [0, 0.1) is 17.8 Å². The third-order valence-electron chi connectivity index (χ3n) is 10.1. The van der Waals surface area contributed by atoms with E-state index in [2.05, 4.69) is 39.4 Å². The predicted octanol–water partition coefficient (Wildman–Crippen LogP) is 4.49. The number of halogens is 1. The lowest BCUT2D eigenvalue weighted by atomic mass is 9.70. The van der Waals surface area contributed by atoms with Crippen molar-refractivity contribution in [3.05, 3.63) is 79.9 Å². The lowest BCUT2D eigenvalue weighted by molar-refractivity contribution is -0.147. The number of aromatic nitrogens is 3. The van der Waals surface area contributed by atoms with Crippen molar-refractivity contribution in [1.29, 1.82) is 0 Å². The summed E-state index contributed by atoms with van der Waals surface area (Å²) in [7, 11) is 0. The molecule has 0 radical (unpaired) electrons. The number of hydrogen-bond acceptors (Lipinski definition) is 7. The van der Waals surface area contributed by atoms with Gasteiger partial charge < -0.3 is 19.8 Å². The molecule has 1 spiro atoms. The van der Waals surface area contributed by atoms with Gasteiger partial charge in [0.1, 0.15) is 18.2 Å². The highest BCUT2D eigenvalue weighted by Gasteiger charge is 2.76. The molecule has 3 aliphatic rings. The quantitative estimate of drug-likeness (QED) is 0.205. The van der Waals surface area contributed by atoms with Gasteiger partial charge in [0.15, 0.2) is 0 Å². The second-order valence-electron chi connectivity index (χ2n) is 12.7. The average molecular weight is 722 g/mol. The van der Waals surface area contributed by atoms with E-state index in [4.69, 9.17) is 0 Å². The average Bonchev–Trinajstić information content (AvgIpc) is 3.81. The van der Waals surface area contributed by atoms with Gasteiger partial charge in [-0.2, -0.15) is 0 Å². The number of amides is 3. The Morgan fingerprint density at radius 1 is 1.13 bits per heavy atom. The molecular weight excluding hydrogens is 680 g/mol. The predicted molar refractivity (Wildman–Crippen MR) is 188 cm³/mol. The number of likely N-dealkylation sites (tertiary alicyclic amines) is 1. The Morgan fingerprint density at radius 2 is 1.83 bits per heavy atom. The topological polar surface area (TPSA) is 112 Å². The molecule has 10 nitrogen and oxygen atoms in total. The van der Waals surface area contributed by atoms with Crippen molar-refractivity contribution in [3.8, 4) is 0 Å². The minimum absolute atomic E-state index is 0.0840. The number of aliphatic hydroxyl groups excluding tert-OH is 1. The highest BCUT2D eigenvalue weighted by molar-refractivity contribution is 9.09. The van der Waals surface area contributed by atoms with Gasteiger partial charge in [0, 0.05) is 28.9 Å². The molecule has 0 aliphatic carbocycles. The normalized spacial score (nSPS) is 27.4. The van der Waals surface area contributed by atoms with Crippen molar-refractivity contribution < 1.29 is 19.5 Å². The van der Waals surface area contributed by atoms with Crippen LogP contribution in [0.5, 0.6) is 0 Å². The van der Waals surface area contributed by atoms with E-state index in [9.17, 15) is 14.7 Å². The summed E-state index contributed by atoms with van der Waals surface area (Å²) >= 11 is 5.47. The molecule has 1 N–H and O–H groups in total. The van der Waals surface area contributed by atoms with Crippen LogP contribution in [0.4, 0.5) is 5.69 Å². The number of aliphatic hydroxyl groups is 1. The van der Waals surface area contributed by atoms with Gasteiger partial charge in [-0.1, -0.05) is 83.9 Å².